The molecule has 0 aliphatic carbocycles. The first-order valence-corrected chi connectivity index (χ1v) is 6.47. The number of hydrogen-bond acceptors (Lipinski definition) is 3. The Hall–Kier alpha value is -0.980. The third-order valence-electron chi connectivity index (χ3n) is 2.30. The lowest BCUT2D eigenvalue weighted by Crippen LogP contribution is -2.19. The third-order valence-corrected chi connectivity index (χ3v) is 2.60. The summed E-state index contributed by atoms with van der Waals surface area (Å²) in [5, 5.41) is 0.402. The van der Waals surface area contributed by atoms with Crippen LogP contribution in [-0.2, 0) is 11.2 Å². The van der Waals surface area contributed by atoms with Crippen molar-refractivity contribution in [1.29, 1.82) is 0 Å². The Kier molecular flexibility index (Phi) is 6.58. The Labute approximate surface area is 120 Å². The highest BCUT2D eigenvalue weighted by atomic mass is 35.5. The number of alkyl halides is 3. The molecule has 1 rings (SSSR count). The molecule has 0 aliphatic heterocycles. The lowest BCUT2D eigenvalue weighted by molar-refractivity contribution is -0.175. The molecule has 1 aromatic rings. The molecule has 1 atom stereocenters. The first-order valence-electron chi connectivity index (χ1n) is 6.09. The molecule has 0 radical (unpaired) electrons. The fraction of sp³-hybridized carbons (Fsp3) is 0.538. The second kappa shape index (κ2) is 7.71. The SMILES string of the molecule is CC(N)Cc1ccc(OCCOCC(F)(F)F)c(Cl)c1. The van der Waals surface area contributed by atoms with Crippen LogP contribution in [-0.4, -0.2) is 32.0 Å². The Morgan fingerprint density at radius 1 is 1.30 bits per heavy atom. The summed E-state index contributed by atoms with van der Waals surface area (Å²) in [6, 6.07) is 5.25. The largest absolute Gasteiger partial charge is 0.490 e. The van der Waals surface area contributed by atoms with Gasteiger partial charge in [-0.05, 0) is 31.0 Å². The van der Waals surface area contributed by atoms with E-state index >= 15 is 0 Å². The van der Waals surface area contributed by atoms with Gasteiger partial charge in [-0.3, -0.25) is 0 Å². The van der Waals surface area contributed by atoms with E-state index in [1.165, 1.54) is 0 Å². The highest BCUT2D eigenvalue weighted by Gasteiger charge is 2.27. The van der Waals surface area contributed by atoms with Crippen LogP contribution < -0.4 is 10.5 Å². The number of ether oxygens (including phenoxy) is 2. The van der Waals surface area contributed by atoms with Gasteiger partial charge in [0.2, 0.25) is 0 Å². The average Bonchev–Trinajstić information content (AvgIpc) is 2.29. The predicted molar refractivity (Wildman–Crippen MR) is 71.2 cm³/mol. The second-order valence-corrected chi connectivity index (χ2v) is 4.87. The van der Waals surface area contributed by atoms with Gasteiger partial charge in [-0.2, -0.15) is 13.2 Å². The molecule has 3 nitrogen and oxygen atoms in total. The lowest BCUT2D eigenvalue weighted by Gasteiger charge is -2.11. The summed E-state index contributed by atoms with van der Waals surface area (Å²) in [6.07, 6.45) is -3.63. The van der Waals surface area contributed by atoms with E-state index in [1.807, 2.05) is 13.0 Å². The van der Waals surface area contributed by atoms with Crippen LogP contribution in [0.15, 0.2) is 18.2 Å². The minimum Gasteiger partial charge on any atom is -0.490 e. The summed E-state index contributed by atoms with van der Waals surface area (Å²) in [6.45, 7) is 0.452. The molecule has 7 heteroatoms. The highest BCUT2D eigenvalue weighted by molar-refractivity contribution is 6.32. The topological polar surface area (TPSA) is 44.5 Å². The maximum atomic E-state index is 11.8. The van der Waals surface area contributed by atoms with Crippen LogP contribution in [0.1, 0.15) is 12.5 Å². The van der Waals surface area contributed by atoms with Crippen molar-refractivity contribution < 1.29 is 22.6 Å². The van der Waals surface area contributed by atoms with Crippen molar-refractivity contribution in [1.82, 2.24) is 0 Å². The van der Waals surface area contributed by atoms with Gasteiger partial charge < -0.3 is 15.2 Å². The Balaban J connectivity index is 2.37. The molecule has 0 aromatic heterocycles. The van der Waals surface area contributed by atoms with Crippen LogP contribution in [0.4, 0.5) is 13.2 Å². The van der Waals surface area contributed by atoms with Crippen molar-refractivity contribution in [3.63, 3.8) is 0 Å². The van der Waals surface area contributed by atoms with E-state index in [0.29, 0.717) is 17.2 Å². The smallest absolute Gasteiger partial charge is 0.411 e. The zero-order valence-corrected chi connectivity index (χ0v) is 11.8. The van der Waals surface area contributed by atoms with E-state index in [9.17, 15) is 13.2 Å². The summed E-state index contributed by atoms with van der Waals surface area (Å²) in [7, 11) is 0. The van der Waals surface area contributed by atoms with Crippen molar-refractivity contribution in [3.8, 4) is 5.75 Å². The molecule has 114 valence electrons. The molecule has 0 spiro atoms. The van der Waals surface area contributed by atoms with Crippen LogP contribution in [0.5, 0.6) is 5.75 Å². The fourth-order valence-corrected chi connectivity index (χ4v) is 1.82. The van der Waals surface area contributed by atoms with Crippen LogP contribution in [0.3, 0.4) is 0 Å². The van der Waals surface area contributed by atoms with Gasteiger partial charge in [0.25, 0.3) is 0 Å². The van der Waals surface area contributed by atoms with Gasteiger partial charge in [-0.1, -0.05) is 17.7 Å². The quantitative estimate of drug-likeness (QED) is 0.787. The van der Waals surface area contributed by atoms with Crippen molar-refractivity contribution in [3.05, 3.63) is 28.8 Å². The van der Waals surface area contributed by atoms with Gasteiger partial charge in [0.1, 0.15) is 19.0 Å². The Morgan fingerprint density at radius 3 is 2.55 bits per heavy atom. The van der Waals surface area contributed by atoms with Crippen LogP contribution in [0.2, 0.25) is 5.02 Å². The van der Waals surface area contributed by atoms with Crippen molar-refractivity contribution in [2.75, 3.05) is 19.8 Å². The normalized spacial score (nSPS) is 13.3. The van der Waals surface area contributed by atoms with E-state index in [0.717, 1.165) is 5.56 Å². The third kappa shape index (κ3) is 6.98. The molecule has 2 N–H and O–H groups in total. The first kappa shape index (κ1) is 17.1. The van der Waals surface area contributed by atoms with Crippen molar-refractivity contribution >= 4 is 11.6 Å². The molecule has 0 fully saturated rings. The molecule has 0 heterocycles. The van der Waals surface area contributed by atoms with Gasteiger partial charge in [0, 0.05) is 6.04 Å². The van der Waals surface area contributed by atoms with E-state index in [-0.39, 0.29) is 19.3 Å². The molecular formula is C13H17ClF3NO2. The average molecular weight is 312 g/mol. The summed E-state index contributed by atoms with van der Waals surface area (Å²) < 4.78 is 45.1. The zero-order chi connectivity index (χ0) is 15.2. The van der Waals surface area contributed by atoms with E-state index in [1.54, 1.807) is 12.1 Å². The number of nitrogens with two attached hydrogens (primary N) is 1. The fourth-order valence-electron chi connectivity index (χ4n) is 1.56. The molecule has 1 aromatic carbocycles. The van der Waals surface area contributed by atoms with Crippen molar-refractivity contribution in [2.24, 2.45) is 5.73 Å². The van der Waals surface area contributed by atoms with Gasteiger partial charge in [-0.25, -0.2) is 0 Å². The van der Waals surface area contributed by atoms with Crippen LogP contribution in [0.25, 0.3) is 0 Å². The Morgan fingerprint density at radius 2 is 2.00 bits per heavy atom. The molecule has 0 amide bonds. The highest BCUT2D eigenvalue weighted by Crippen LogP contribution is 2.26. The van der Waals surface area contributed by atoms with Gasteiger partial charge in [-0.15, -0.1) is 0 Å². The lowest BCUT2D eigenvalue weighted by atomic mass is 10.1. The van der Waals surface area contributed by atoms with Crippen LogP contribution >= 0.6 is 11.6 Å². The van der Waals surface area contributed by atoms with Crippen LogP contribution in [0, 0.1) is 0 Å². The number of rotatable bonds is 7. The second-order valence-electron chi connectivity index (χ2n) is 4.46. The number of hydrogen-bond donors (Lipinski definition) is 1. The minimum absolute atomic E-state index is 0.00242. The molecule has 0 saturated heterocycles. The van der Waals surface area contributed by atoms with Crippen molar-refractivity contribution in [2.45, 2.75) is 25.6 Å². The van der Waals surface area contributed by atoms with Gasteiger partial charge in [0.05, 0.1) is 11.6 Å². The molecule has 0 saturated carbocycles. The first-order chi connectivity index (χ1) is 9.28. The van der Waals surface area contributed by atoms with E-state index in [2.05, 4.69) is 4.74 Å². The van der Waals surface area contributed by atoms with E-state index in [4.69, 9.17) is 22.1 Å². The number of benzene rings is 1. The van der Waals surface area contributed by atoms with E-state index < -0.39 is 12.8 Å². The monoisotopic (exact) mass is 311 g/mol. The summed E-state index contributed by atoms with van der Waals surface area (Å²) >= 11 is 6.01. The summed E-state index contributed by atoms with van der Waals surface area (Å²) in [5.41, 5.74) is 6.66. The van der Waals surface area contributed by atoms with Gasteiger partial charge in [0.15, 0.2) is 0 Å². The summed E-state index contributed by atoms with van der Waals surface area (Å²) in [4.78, 5) is 0. The molecule has 0 bridgehead atoms. The maximum absolute atomic E-state index is 11.8. The minimum atomic E-state index is -4.32. The Bertz CT molecular complexity index is 425. The molecule has 1 unspecified atom stereocenters. The molecule has 0 aliphatic rings. The van der Waals surface area contributed by atoms with Gasteiger partial charge >= 0.3 is 6.18 Å². The standard InChI is InChI=1S/C13H17ClF3NO2/c1-9(18)6-10-2-3-12(11(14)7-10)20-5-4-19-8-13(15,16)17/h2-3,7,9H,4-6,8,18H2,1H3. The maximum Gasteiger partial charge on any atom is 0.411 e. The number of halogens is 4. The molecule has 20 heavy (non-hydrogen) atoms. The predicted octanol–water partition coefficient (Wildman–Crippen LogP) is 3.19. The summed E-state index contributed by atoms with van der Waals surface area (Å²) in [5.74, 6) is 0.413. The zero-order valence-electron chi connectivity index (χ0n) is 11.0. The molecular weight excluding hydrogens is 295 g/mol.